The maximum atomic E-state index is 12.7. The molecule has 3 aromatic rings. The lowest BCUT2D eigenvalue weighted by Crippen LogP contribution is -2.30. The van der Waals surface area contributed by atoms with Crippen LogP contribution in [0.3, 0.4) is 0 Å². The van der Waals surface area contributed by atoms with Gasteiger partial charge in [-0.2, -0.15) is 18.2 Å². The molecule has 1 aromatic carbocycles. The fourth-order valence-electron chi connectivity index (χ4n) is 3.69. The van der Waals surface area contributed by atoms with Gasteiger partial charge in [-0.1, -0.05) is 35.5 Å². The van der Waals surface area contributed by atoms with E-state index in [1.807, 2.05) is 6.07 Å². The van der Waals surface area contributed by atoms with Crippen molar-refractivity contribution in [1.82, 2.24) is 20.4 Å². The molecule has 2 aliphatic carbocycles. The highest BCUT2D eigenvalue weighted by molar-refractivity contribution is 5.51. The van der Waals surface area contributed by atoms with Gasteiger partial charge in [-0.15, -0.1) is 0 Å². The summed E-state index contributed by atoms with van der Waals surface area (Å²) in [4.78, 5) is 7.90. The zero-order valence-electron chi connectivity index (χ0n) is 15.5. The van der Waals surface area contributed by atoms with Crippen LogP contribution < -0.4 is 5.32 Å². The number of aromatic nitrogens is 3. The summed E-state index contributed by atoms with van der Waals surface area (Å²) in [5.41, 5.74) is 0.643. The van der Waals surface area contributed by atoms with Crippen LogP contribution in [-0.4, -0.2) is 27.7 Å². The van der Waals surface area contributed by atoms with Gasteiger partial charge in [0.15, 0.2) is 5.82 Å². The van der Waals surface area contributed by atoms with E-state index in [0.29, 0.717) is 23.3 Å². The molecule has 1 N–H and O–H groups in total. The quantitative estimate of drug-likeness (QED) is 0.667. The van der Waals surface area contributed by atoms with Crippen molar-refractivity contribution in [1.29, 1.82) is 0 Å². The number of halogens is 3. The van der Waals surface area contributed by atoms with E-state index in [0.717, 1.165) is 38.1 Å². The van der Waals surface area contributed by atoms with Gasteiger partial charge in [0.1, 0.15) is 5.69 Å². The fourth-order valence-corrected chi connectivity index (χ4v) is 3.69. The third-order valence-electron chi connectivity index (χ3n) is 5.78. The molecule has 150 valence electrons. The number of hydrogen-bond acceptors (Lipinski definition) is 5. The Morgan fingerprint density at radius 1 is 1.10 bits per heavy atom. The number of hydrogen-bond donors (Lipinski definition) is 1. The standard InChI is InChI=1S/C21H19F3N4O/c22-21(23,24)17-7-6-14(11-25-17)18-27-19(28-29-18)20(8-9-20)12-26-16-10-15(16)13-4-2-1-3-5-13/h1-7,11,15-16,26H,8-10,12H2/t15-,16?/m1/s1. The van der Waals surface area contributed by atoms with E-state index >= 15 is 0 Å². The first-order valence-corrected chi connectivity index (χ1v) is 9.61. The van der Waals surface area contributed by atoms with Gasteiger partial charge in [0, 0.05) is 30.1 Å². The molecule has 2 atom stereocenters. The van der Waals surface area contributed by atoms with Gasteiger partial charge in [0.2, 0.25) is 0 Å². The molecule has 2 saturated carbocycles. The monoisotopic (exact) mass is 400 g/mol. The first kappa shape index (κ1) is 18.3. The zero-order chi connectivity index (χ0) is 20.1. The van der Waals surface area contributed by atoms with Crippen LogP contribution in [0.2, 0.25) is 0 Å². The lowest BCUT2D eigenvalue weighted by molar-refractivity contribution is -0.141. The Morgan fingerprint density at radius 3 is 2.55 bits per heavy atom. The van der Waals surface area contributed by atoms with E-state index in [9.17, 15) is 13.2 Å². The minimum absolute atomic E-state index is 0.148. The summed E-state index contributed by atoms with van der Waals surface area (Å²) >= 11 is 0. The molecular weight excluding hydrogens is 381 g/mol. The maximum Gasteiger partial charge on any atom is 0.433 e. The molecule has 0 aliphatic heterocycles. The lowest BCUT2D eigenvalue weighted by Gasteiger charge is -2.12. The molecule has 0 saturated heterocycles. The first-order valence-electron chi connectivity index (χ1n) is 9.61. The largest absolute Gasteiger partial charge is 0.433 e. The fraction of sp³-hybridized carbons (Fsp3) is 0.381. The number of nitrogens with zero attached hydrogens (tertiary/aromatic N) is 3. The number of nitrogens with one attached hydrogen (secondary N) is 1. The third kappa shape index (κ3) is 3.64. The van der Waals surface area contributed by atoms with Gasteiger partial charge < -0.3 is 9.84 Å². The zero-order valence-corrected chi connectivity index (χ0v) is 15.5. The highest BCUT2D eigenvalue weighted by Crippen LogP contribution is 2.48. The van der Waals surface area contributed by atoms with Crippen LogP contribution in [0.25, 0.3) is 11.5 Å². The van der Waals surface area contributed by atoms with Crippen molar-refractivity contribution < 1.29 is 17.7 Å². The Bertz CT molecular complexity index is 997. The molecule has 0 bridgehead atoms. The predicted octanol–water partition coefficient (Wildman–Crippen LogP) is 4.33. The second kappa shape index (κ2) is 6.66. The van der Waals surface area contributed by atoms with Crippen LogP contribution >= 0.6 is 0 Å². The second-order valence-electron chi connectivity index (χ2n) is 7.87. The summed E-state index contributed by atoms with van der Waals surface area (Å²) in [6.07, 6.45) is -0.302. The molecule has 0 spiro atoms. The SMILES string of the molecule is FC(F)(F)c1ccc(-c2nc(C3(CNC4C[C@@H]4c4ccccc4)CC3)no2)cn1. The van der Waals surface area contributed by atoms with Crippen molar-refractivity contribution in [3.8, 4) is 11.5 Å². The van der Waals surface area contributed by atoms with E-state index in [1.54, 1.807) is 0 Å². The number of rotatable bonds is 6. The Labute approximate surface area is 165 Å². The van der Waals surface area contributed by atoms with Gasteiger partial charge >= 0.3 is 6.18 Å². The number of benzene rings is 1. The van der Waals surface area contributed by atoms with Gasteiger partial charge in [0.05, 0.1) is 5.56 Å². The van der Waals surface area contributed by atoms with Crippen molar-refractivity contribution in [3.63, 3.8) is 0 Å². The van der Waals surface area contributed by atoms with Crippen molar-refractivity contribution in [2.45, 2.75) is 42.8 Å². The molecule has 1 unspecified atom stereocenters. The van der Waals surface area contributed by atoms with Gasteiger partial charge in [-0.25, -0.2) is 0 Å². The Kier molecular flexibility index (Phi) is 4.20. The highest BCUT2D eigenvalue weighted by Gasteiger charge is 2.50. The van der Waals surface area contributed by atoms with Crippen LogP contribution in [0, 0.1) is 0 Å². The molecule has 5 nitrogen and oxygen atoms in total. The summed E-state index contributed by atoms with van der Waals surface area (Å²) in [5.74, 6) is 1.35. The molecule has 5 rings (SSSR count). The highest BCUT2D eigenvalue weighted by atomic mass is 19.4. The van der Waals surface area contributed by atoms with Crippen LogP contribution in [0.4, 0.5) is 13.2 Å². The second-order valence-corrected chi connectivity index (χ2v) is 7.87. The summed E-state index contributed by atoms with van der Waals surface area (Å²) in [6, 6.07) is 13.1. The van der Waals surface area contributed by atoms with E-state index < -0.39 is 11.9 Å². The maximum absolute atomic E-state index is 12.7. The lowest BCUT2D eigenvalue weighted by atomic mass is 10.1. The topological polar surface area (TPSA) is 63.8 Å². The third-order valence-corrected chi connectivity index (χ3v) is 5.78. The van der Waals surface area contributed by atoms with E-state index in [4.69, 9.17) is 4.52 Å². The molecule has 2 heterocycles. The van der Waals surface area contributed by atoms with Gasteiger partial charge in [0.25, 0.3) is 5.89 Å². The minimum Gasteiger partial charge on any atom is -0.334 e. The Morgan fingerprint density at radius 2 is 1.90 bits per heavy atom. The number of pyridine rings is 1. The molecule has 29 heavy (non-hydrogen) atoms. The normalized spacial score (nSPS) is 22.4. The van der Waals surface area contributed by atoms with Crippen LogP contribution in [0.1, 0.15) is 42.3 Å². The minimum atomic E-state index is -4.47. The van der Waals surface area contributed by atoms with Crippen molar-refractivity contribution >= 4 is 0 Å². The molecule has 0 amide bonds. The summed E-state index contributed by atoms with van der Waals surface area (Å²) in [6.45, 7) is 0.769. The molecule has 2 aromatic heterocycles. The first-order chi connectivity index (χ1) is 13.9. The van der Waals surface area contributed by atoms with Gasteiger partial charge in [-0.3, -0.25) is 4.98 Å². The van der Waals surface area contributed by atoms with Crippen molar-refractivity contribution in [2.75, 3.05) is 6.54 Å². The van der Waals surface area contributed by atoms with E-state index in [-0.39, 0.29) is 11.3 Å². The average molecular weight is 400 g/mol. The predicted molar refractivity (Wildman–Crippen MR) is 99.0 cm³/mol. The number of alkyl halides is 3. The van der Waals surface area contributed by atoms with E-state index in [1.165, 1.54) is 11.6 Å². The molecular formula is C21H19F3N4O. The Hall–Kier alpha value is -2.74. The van der Waals surface area contributed by atoms with Crippen LogP contribution in [0.5, 0.6) is 0 Å². The van der Waals surface area contributed by atoms with Crippen LogP contribution in [0.15, 0.2) is 53.2 Å². The van der Waals surface area contributed by atoms with Crippen molar-refractivity contribution in [2.24, 2.45) is 0 Å². The Balaban J connectivity index is 1.23. The summed E-state index contributed by atoms with van der Waals surface area (Å²) in [5, 5.41) is 7.72. The average Bonchev–Trinajstić information content (AvgIpc) is 3.63. The smallest absolute Gasteiger partial charge is 0.334 e. The molecule has 0 radical (unpaired) electrons. The summed E-state index contributed by atoms with van der Waals surface area (Å²) in [7, 11) is 0. The summed E-state index contributed by atoms with van der Waals surface area (Å²) < 4.78 is 43.3. The van der Waals surface area contributed by atoms with Crippen LogP contribution in [-0.2, 0) is 11.6 Å². The van der Waals surface area contributed by atoms with E-state index in [2.05, 4.69) is 44.7 Å². The molecule has 2 fully saturated rings. The van der Waals surface area contributed by atoms with Gasteiger partial charge in [-0.05, 0) is 37.0 Å². The van der Waals surface area contributed by atoms with Crippen molar-refractivity contribution in [3.05, 3.63) is 65.7 Å². The molecule has 2 aliphatic rings. The molecule has 8 heteroatoms.